The molecule has 1 amide bonds. The van der Waals surface area contributed by atoms with Gasteiger partial charge in [0.05, 0.1) is 6.54 Å². The van der Waals surface area contributed by atoms with Gasteiger partial charge in [-0.25, -0.2) is 0 Å². The molecule has 2 aromatic carbocycles. The molecule has 0 saturated carbocycles. The molecule has 6 nitrogen and oxygen atoms in total. The van der Waals surface area contributed by atoms with Gasteiger partial charge in [0.1, 0.15) is 5.75 Å². The molecule has 1 atom stereocenters. The fourth-order valence-electron chi connectivity index (χ4n) is 3.75. The number of benzene rings is 2. The zero-order chi connectivity index (χ0) is 21.1. The Morgan fingerprint density at radius 1 is 1.23 bits per heavy atom. The Kier molecular flexibility index (Phi) is 6.18. The number of nitrogens with zero attached hydrogens (tertiary/aromatic N) is 3. The van der Waals surface area contributed by atoms with Crippen molar-refractivity contribution in [1.82, 2.24) is 15.0 Å². The summed E-state index contributed by atoms with van der Waals surface area (Å²) in [5.41, 5.74) is 3.42. The highest BCUT2D eigenvalue weighted by Gasteiger charge is 2.23. The van der Waals surface area contributed by atoms with Gasteiger partial charge in [-0.2, -0.15) is 4.98 Å². The second kappa shape index (κ2) is 9.00. The minimum absolute atomic E-state index is 0.134. The summed E-state index contributed by atoms with van der Waals surface area (Å²) in [5, 5.41) is 4.02. The maximum absolute atomic E-state index is 12.8. The molecule has 30 heavy (non-hydrogen) atoms. The van der Waals surface area contributed by atoms with Gasteiger partial charge in [-0.1, -0.05) is 45.4 Å². The van der Waals surface area contributed by atoms with Gasteiger partial charge in [0.25, 0.3) is 5.91 Å². The number of amides is 1. The Hall–Kier alpha value is -2.67. The van der Waals surface area contributed by atoms with Gasteiger partial charge >= 0.3 is 0 Å². The minimum atomic E-state index is -0.601. The van der Waals surface area contributed by atoms with Crippen LogP contribution in [0.25, 0.3) is 11.4 Å². The monoisotopic (exact) mass is 469 g/mol. The molecule has 1 aliphatic rings. The Morgan fingerprint density at radius 3 is 2.87 bits per heavy atom. The zero-order valence-electron chi connectivity index (χ0n) is 17.1. The summed E-state index contributed by atoms with van der Waals surface area (Å²) in [7, 11) is 1.71. The first-order chi connectivity index (χ1) is 14.5. The summed E-state index contributed by atoms with van der Waals surface area (Å²) < 4.78 is 12.3. The van der Waals surface area contributed by atoms with Gasteiger partial charge in [0, 0.05) is 17.1 Å². The number of likely N-dealkylation sites (N-methyl/N-ethyl adjacent to an activating group) is 1. The Bertz CT molecular complexity index is 1050. The highest BCUT2D eigenvalue weighted by Crippen LogP contribution is 2.30. The van der Waals surface area contributed by atoms with Crippen LogP contribution in [0, 0.1) is 0 Å². The summed E-state index contributed by atoms with van der Waals surface area (Å²) in [5.74, 6) is 1.55. The van der Waals surface area contributed by atoms with E-state index in [0.717, 1.165) is 35.0 Å². The molecule has 0 saturated heterocycles. The van der Waals surface area contributed by atoms with E-state index in [1.165, 1.54) is 17.5 Å². The van der Waals surface area contributed by atoms with Crippen LogP contribution in [0.15, 0.2) is 51.5 Å². The number of rotatable bonds is 6. The first-order valence-electron chi connectivity index (χ1n) is 10.1. The van der Waals surface area contributed by atoms with Crippen LogP contribution in [0.5, 0.6) is 5.75 Å². The van der Waals surface area contributed by atoms with Crippen LogP contribution in [-0.2, 0) is 24.2 Å². The van der Waals surface area contributed by atoms with Crippen molar-refractivity contribution in [3.8, 4) is 17.1 Å². The molecular formula is C23H24BrN3O3. The summed E-state index contributed by atoms with van der Waals surface area (Å²) in [6.45, 7) is 2.00. The van der Waals surface area contributed by atoms with E-state index in [2.05, 4.69) is 32.1 Å². The molecule has 1 heterocycles. The Balaban J connectivity index is 1.40. The molecule has 4 rings (SSSR count). The number of hydrogen-bond acceptors (Lipinski definition) is 5. The van der Waals surface area contributed by atoms with Gasteiger partial charge in [-0.15, -0.1) is 0 Å². The van der Waals surface area contributed by atoms with Crippen LogP contribution in [0.4, 0.5) is 0 Å². The van der Waals surface area contributed by atoms with Crippen molar-refractivity contribution in [3.05, 3.63) is 64.0 Å². The van der Waals surface area contributed by atoms with Crippen molar-refractivity contribution in [2.45, 2.75) is 45.3 Å². The SMILES string of the molecule is CC(Oc1cccc2c1CCCC2)C(=O)N(C)Cc1nc(-c2cccc(Br)c2)no1. The van der Waals surface area contributed by atoms with Crippen LogP contribution < -0.4 is 4.74 Å². The highest BCUT2D eigenvalue weighted by atomic mass is 79.9. The van der Waals surface area contributed by atoms with E-state index in [1.807, 2.05) is 36.4 Å². The largest absolute Gasteiger partial charge is 0.481 e. The first kappa shape index (κ1) is 20.6. The fraction of sp³-hybridized carbons (Fsp3) is 0.348. The lowest BCUT2D eigenvalue weighted by Gasteiger charge is -2.24. The second-order valence-electron chi connectivity index (χ2n) is 7.58. The van der Waals surface area contributed by atoms with Gasteiger partial charge < -0.3 is 14.2 Å². The molecular weight excluding hydrogens is 446 g/mol. The number of ether oxygens (including phenoxy) is 1. The number of halogens is 1. The minimum Gasteiger partial charge on any atom is -0.481 e. The lowest BCUT2D eigenvalue weighted by Crippen LogP contribution is -2.37. The number of carbonyl (C=O) groups excluding carboxylic acids is 1. The topological polar surface area (TPSA) is 68.5 Å². The number of aromatic nitrogens is 2. The molecule has 0 fully saturated rings. The van der Waals surface area contributed by atoms with Crippen molar-refractivity contribution in [2.75, 3.05) is 7.05 Å². The Morgan fingerprint density at radius 2 is 2.03 bits per heavy atom. The summed E-state index contributed by atoms with van der Waals surface area (Å²) in [6, 6.07) is 13.8. The predicted molar refractivity (Wildman–Crippen MR) is 117 cm³/mol. The number of aryl methyl sites for hydroxylation is 1. The van der Waals surface area contributed by atoms with Gasteiger partial charge in [0.2, 0.25) is 11.7 Å². The smallest absolute Gasteiger partial charge is 0.263 e. The van der Waals surface area contributed by atoms with Crippen molar-refractivity contribution in [2.24, 2.45) is 0 Å². The molecule has 3 aromatic rings. The maximum atomic E-state index is 12.8. The molecule has 0 bridgehead atoms. The third-order valence-electron chi connectivity index (χ3n) is 5.30. The molecule has 1 unspecified atom stereocenters. The fourth-order valence-corrected chi connectivity index (χ4v) is 4.15. The molecule has 1 aromatic heterocycles. The van der Waals surface area contributed by atoms with Crippen LogP contribution in [-0.4, -0.2) is 34.1 Å². The van der Waals surface area contributed by atoms with Gasteiger partial charge in [-0.3, -0.25) is 4.79 Å². The third kappa shape index (κ3) is 4.56. The summed E-state index contributed by atoms with van der Waals surface area (Å²) >= 11 is 3.44. The van der Waals surface area contributed by atoms with Crippen LogP contribution >= 0.6 is 15.9 Å². The molecule has 0 spiro atoms. The summed E-state index contributed by atoms with van der Waals surface area (Å²) in [4.78, 5) is 18.8. The van der Waals surface area contributed by atoms with E-state index < -0.39 is 6.10 Å². The molecule has 7 heteroatoms. The van der Waals surface area contributed by atoms with E-state index in [4.69, 9.17) is 9.26 Å². The average molecular weight is 470 g/mol. The molecule has 0 N–H and O–H groups in total. The van der Waals surface area contributed by atoms with Crippen LogP contribution in [0.2, 0.25) is 0 Å². The third-order valence-corrected chi connectivity index (χ3v) is 5.80. The van der Waals surface area contributed by atoms with Crippen LogP contribution in [0.1, 0.15) is 36.8 Å². The highest BCUT2D eigenvalue weighted by molar-refractivity contribution is 9.10. The maximum Gasteiger partial charge on any atom is 0.263 e. The number of carbonyl (C=O) groups is 1. The predicted octanol–water partition coefficient (Wildman–Crippen LogP) is 4.80. The summed E-state index contributed by atoms with van der Waals surface area (Å²) in [6.07, 6.45) is 3.85. The van der Waals surface area contributed by atoms with Crippen molar-refractivity contribution >= 4 is 21.8 Å². The molecule has 0 radical (unpaired) electrons. The van der Waals surface area contributed by atoms with E-state index in [-0.39, 0.29) is 12.5 Å². The van der Waals surface area contributed by atoms with E-state index in [9.17, 15) is 4.79 Å². The molecule has 1 aliphatic carbocycles. The van der Waals surface area contributed by atoms with Gasteiger partial charge in [0.15, 0.2) is 6.10 Å². The lowest BCUT2D eigenvalue weighted by molar-refractivity contribution is -0.137. The van der Waals surface area contributed by atoms with Gasteiger partial charge in [-0.05, 0) is 61.9 Å². The number of fused-ring (bicyclic) bond motifs is 1. The quantitative estimate of drug-likeness (QED) is 0.518. The first-order valence-corrected chi connectivity index (χ1v) is 10.9. The van der Waals surface area contributed by atoms with E-state index in [1.54, 1.807) is 18.9 Å². The van der Waals surface area contributed by atoms with Crippen molar-refractivity contribution < 1.29 is 14.1 Å². The normalized spacial score (nSPS) is 14.1. The van der Waals surface area contributed by atoms with E-state index in [0.29, 0.717) is 11.7 Å². The number of hydrogen-bond donors (Lipinski definition) is 0. The standard InChI is InChI=1S/C23H24BrN3O3/c1-15(29-20-12-6-8-16-7-3-4-11-19(16)20)23(28)27(2)14-21-25-22(26-30-21)17-9-5-10-18(24)13-17/h5-6,8-10,12-13,15H,3-4,7,11,14H2,1-2H3. The van der Waals surface area contributed by atoms with Crippen LogP contribution in [0.3, 0.4) is 0 Å². The average Bonchev–Trinajstić information content (AvgIpc) is 3.22. The van der Waals surface area contributed by atoms with Crippen molar-refractivity contribution in [1.29, 1.82) is 0 Å². The Labute approximate surface area is 184 Å². The lowest BCUT2D eigenvalue weighted by atomic mass is 9.91. The van der Waals surface area contributed by atoms with E-state index >= 15 is 0 Å². The molecule has 0 aliphatic heterocycles. The zero-order valence-corrected chi connectivity index (χ0v) is 18.7. The molecule has 156 valence electrons. The van der Waals surface area contributed by atoms with Crippen molar-refractivity contribution in [3.63, 3.8) is 0 Å². The second-order valence-corrected chi connectivity index (χ2v) is 8.49.